The van der Waals surface area contributed by atoms with E-state index in [1.807, 2.05) is 0 Å². The number of hydrogen-bond donors (Lipinski definition) is 1. The van der Waals surface area contributed by atoms with E-state index in [1.165, 1.54) is 0 Å². The molecule has 2 heterocycles. The van der Waals surface area contributed by atoms with Gasteiger partial charge in [-0.1, -0.05) is 40.0 Å². The Morgan fingerprint density at radius 1 is 1.05 bits per heavy atom. The maximum atomic E-state index is 13.3. The van der Waals surface area contributed by atoms with Crippen molar-refractivity contribution in [1.82, 2.24) is 15.0 Å². The van der Waals surface area contributed by atoms with Crippen LogP contribution in [0.15, 0.2) is 65.2 Å². The largest absolute Gasteiger partial charge is 0.497 e. The molecule has 8 nitrogen and oxygen atoms in total. The topological polar surface area (TPSA) is 89.7 Å². The number of anilines is 1. The third-order valence-electron chi connectivity index (χ3n) is 6.36. The van der Waals surface area contributed by atoms with Crippen LogP contribution < -0.4 is 14.8 Å². The number of likely N-dealkylation sites (tertiary alicyclic amines) is 1. The van der Waals surface area contributed by atoms with Gasteiger partial charge in [-0.05, 0) is 80.1 Å². The molecule has 0 bridgehead atoms. The fraction of sp³-hybridized carbons (Fsp3) is 0.250. The molecule has 1 atom stereocenters. The van der Waals surface area contributed by atoms with Crippen LogP contribution in [0.5, 0.6) is 17.2 Å². The first kappa shape index (κ1) is 27.3. The lowest BCUT2D eigenvalue weighted by atomic mass is 9.97. The highest BCUT2D eigenvalue weighted by atomic mass is 35.5. The molecule has 0 saturated carbocycles. The first-order valence-electron chi connectivity index (χ1n) is 12.3. The van der Waals surface area contributed by atoms with Crippen LogP contribution in [0, 0.1) is 5.92 Å². The summed E-state index contributed by atoms with van der Waals surface area (Å²) in [5.74, 6) is 2.31. The number of ether oxygens (including phenoxy) is 2. The highest BCUT2D eigenvalue weighted by molar-refractivity contribution is 6.36. The fourth-order valence-corrected chi connectivity index (χ4v) is 5.06. The molecule has 11 heteroatoms. The monoisotopic (exact) mass is 586 g/mol. The van der Waals surface area contributed by atoms with Gasteiger partial charge >= 0.3 is 0 Å². The summed E-state index contributed by atoms with van der Waals surface area (Å²) in [7, 11) is 1.60. The number of carbonyl (C=O) groups is 1. The maximum Gasteiger partial charge on any atom is 0.241 e. The predicted octanol–water partition coefficient (Wildman–Crippen LogP) is 7.35. The van der Waals surface area contributed by atoms with Gasteiger partial charge < -0.3 is 19.3 Å². The number of carbonyl (C=O) groups excluding carboxylic acids is 1. The number of halogens is 3. The smallest absolute Gasteiger partial charge is 0.241 e. The molecule has 0 spiro atoms. The molecule has 4 aromatic rings. The summed E-state index contributed by atoms with van der Waals surface area (Å²) in [6.45, 7) is 1.78. The van der Waals surface area contributed by atoms with E-state index < -0.39 is 0 Å². The van der Waals surface area contributed by atoms with E-state index >= 15 is 0 Å². The van der Waals surface area contributed by atoms with Gasteiger partial charge in [-0.3, -0.25) is 9.69 Å². The number of amides is 1. The lowest BCUT2D eigenvalue weighted by Gasteiger charge is -2.31. The van der Waals surface area contributed by atoms with Crippen LogP contribution >= 0.6 is 34.8 Å². The van der Waals surface area contributed by atoms with Crippen molar-refractivity contribution in [2.75, 3.05) is 25.5 Å². The van der Waals surface area contributed by atoms with E-state index in [1.54, 1.807) is 67.8 Å². The summed E-state index contributed by atoms with van der Waals surface area (Å²) < 4.78 is 16.7. The molecule has 1 saturated heterocycles. The minimum atomic E-state index is -0.236. The van der Waals surface area contributed by atoms with Crippen LogP contribution in [-0.4, -0.2) is 41.1 Å². The number of nitrogens with one attached hydrogen (secondary N) is 1. The normalized spacial score (nSPS) is 15.6. The van der Waals surface area contributed by atoms with Gasteiger partial charge in [0.2, 0.25) is 17.6 Å². The highest BCUT2D eigenvalue weighted by Crippen LogP contribution is 2.34. The quantitative estimate of drug-likeness (QED) is 0.230. The summed E-state index contributed by atoms with van der Waals surface area (Å²) >= 11 is 18.5. The van der Waals surface area contributed by atoms with E-state index in [2.05, 4.69) is 20.4 Å². The molecular formula is C28H25Cl3N4O4. The average Bonchev–Trinajstić information content (AvgIpc) is 3.38. The molecule has 3 aromatic carbocycles. The van der Waals surface area contributed by atoms with Crippen molar-refractivity contribution in [2.45, 2.75) is 19.4 Å². The summed E-state index contributed by atoms with van der Waals surface area (Å²) in [4.78, 5) is 19.9. The van der Waals surface area contributed by atoms with E-state index in [0.29, 0.717) is 62.6 Å². The minimum Gasteiger partial charge on any atom is -0.497 e. The molecule has 0 aliphatic carbocycles. The second-order valence-electron chi connectivity index (χ2n) is 9.12. The van der Waals surface area contributed by atoms with Crippen molar-refractivity contribution in [1.29, 1.82) is 0 Å². The SMILES string of the molecule is COc1ccc(Oc2ccc(Cl)cc2NC(=O)C2CCCN(Cc3nc(-c4ccc(Cl)cc4Cl)no3)C2)cc1. The molecule has 39 heavy (non-hydrogen) atoms. The van der Waals surface area contributed by atoms with Crippen LogP contribution in [0.1, 0.15) is 18.7 Å². The molecule has 1 unspecified atom stereocenters. The molecule has 1 aliphatic rings. The third kappa shape index (κ3) is 6.83. The summed E-state index contributed by atoms with van der Waals surface area (Å²) in [5.41, 5.74) is 1.14. The number of nitrogens with zero attached hydrogens (tertiary/aromatic N) is 3. The molecule has 1 amide bonds. The second kappa shape index (κ2) is 12.3. The number of hydrogen-bond acceptors (Lipinski definition) is 7. The number of rotatable bonds is 8. The van der Waals surface area contributed by atoms with Gasteiger partial charge in [0.25, 0.3) is 0 Å². The zero-order valence-corrected chi connectivity index (χ0v) is 23.3. The summed E-state index contributed by atoms with van der Waals surface area (Å²) in [6, 6.07) is 17.4. The van der Waals surface area contributed by atoms with Gasteiger partial charge in [-0.2, -0.15) is 4.98 Å². The van der Waals surface area contributed by atoms with Gasteiger partial charge in [-0.15, -0.1) is 0 Å². The van der Waals surface area contributed by atoms with Gasteiger partial charge in [0.05, 0.1) is 30.3 Å². The first-order valence-corrected chi connectivity index (χ1v) is 13.4. The molecule has 0 radical (unpaired) electrons. The van der Waals surface area contributed by atoms with Crippen molar-refractivity contribution in [2.24, 2.45) is 5.92 Å². The number of methoxy groups -OCH3 is 1. The minimum absolute atomic E-state index is 0.110. The van der Waals surface area contributed by atoms with Gasteiger partial charge in [0.15, 0.2) is 5.75 Å². The number of piperidine rings is 1. The highest BCUT2D eigenvalue weighted by Gasteiger charge is 2.28. The fourth-order valence-electron chi connectivity index (χ4n) is 4.40. The van der Waals surface area contributed by atoms with E-state index in [0.717, 1.165) is 25.1 Å². The lowest BCUT2D eigenvalue weighted by Crippen LogP contribution is -2.40. The Bertz CT molecular complexity index is 1460. The zero-order chi connectivity index (χ0) is 27.4. The Morgan fingerprint density at radius 2 is 1.79 bits per heavy atom. The molecule has 1 aliphatic heterocycles. The molecule has 5 rings (SSSR count). The van der Waals surface area contributed by atoms with Gasteiger partial charge in [-0.25, -0.2) is 0 Å². The summed E-state index contributed by atoms with van der Waals surface area (Å²) in [5, 5.41) is 8.54. The van der Waals surface area contributed by atoms with Crippen LogP contribution in [0.2, 0.25) is 15.1 Å². The molecule has 202 valence electrons. The predicted molar refractivity (Wildman–Crippen MR) is 151 cm³/mol. The van der Waals surface area contributed by atoms with Crippen LogP contribution in [-0.2, 0) is 11.3 Å². The molecular weight excluding hydrogens is 563 g/mol. The van der Waals surface area contributed by atoms with Crippen LogP contribution in [0.25, 0.3) is 11.4 Å². The molecule has 1 aromatic heterocycles. The Morgan fingerprint density at radius 3 is 2.56 bits per heavy atom. The van der Waals surface area contributed by atoms with Crippen LogP contribution in [0.4, 0.5) is 5.69 Å². The van der Waals surface area contributed by atoms with Crippen molar-refractivity contribution in [3.8, 4) is 28.6 Å². The van der Waals surface area contributed by atoms with Crippen LogP contribution in [0.3, 0.4) is 0 Å². The van der Waals surface area contributed by atoms with Gasteiger partial charge in [0.1, 0.15) is 11.5 Å². The van der Waals surface area contributed by atoms with Crippen molar-refractivity contribution in [3.05, 3.63) is 81.6 Å². The van der Waals surface area contributed by atoms with Gasteiger partial charge in [0, 0.05) is 22.2 Å². The Labute approximate surface area is 240 Å². The van der Waals surface area contributed by atoms with Crippen molar-refractivity contribution < 1.29 is 18.8 Å². The molecule has 1 fully saturated rings. The van der Waals surface area contributed by atoms with E-state index in [-0.39, 0.29) is 11.8 Å². The molecule has 1 N–H and O–H groups in total. The first-order chi connectivity index (χ1) is 18.9. The number of aromatic nitrogens is 2. The van der Waals surface area contributed by atoms with E-state index in [4.69, 9.17) is 48.8 Å². The zero-order valence-electron chi connectivity index (χ0n) is 21.0. The van der Waals surface area contributed by atoms with Crippen molar-refractivity contribution in [3.63, 3.8) is 0 Å². The lowest BCUT2D eigenvalue weighted by molar-refractivity contribution is -0.121. The maximum absolute atomic E-state index is 13.3. The number of benzene rings is 3. The van der Waals surface area contributed by atoms with E-state index in [9.17, 15) is 4.79 Å². The Kier molecular flexibility index (Phi) is 8.57. The Balaban J connectivity index is 1.23. The second-order valence-corrected chi connectivity index (χ2v) is 10.4. The van der Waals surface area contributed by atoms with Crippen molar-refractivity contribution >= 4 is 46.4 Å². The Hall–Kier alpha value is -3.30. The third-order valence-corrected chi connectivity index (χ3v) is 7.14. The standard InChI is InChI=1S/C28H25Cl3N4O4/c1-37-20-6-8-21(9-7-20)38-25-11-5-19(30)14-24(25)32-28(36)17-3-2-12-35(15-17)16-26-33-27(34-39-26)22-10-4-18(29)13-23(22)31/h4-11,13-14,17H,2-3,12,15-16H2,1H3,(H,32,36). The summed E-state index contributed by atoms with van der Waals surface area (Å²) in [6.07, 6.45) is 1.61. The average molecular weight is 588 g/mol.